The molecule has 0 atom stereocenters. The van der Waals surface area contributed by atoms with Crippen LogP contribution in [0.1, 0.15) is 36.8 Å². The van der Waals surface area contributed by atoms with E-state index in [2.05, 4.69) is 20.9 Å². The van der Waals surface area contributed by atoms with Gasteiger partial charge in [0.15, 0.2) is 11.5 Å². The Hall–Kier alpha value is -1.32. The van der Waals surface area contributed by atoms with E-state index in [9.17, 15) is 9.90 Å². The van der Waals surface area contributed by atoms with Gasteiger partial charge in [0.2, 0.25) is 6.08 Å². The van der Waals surface area contributed by atoms with Crippen LogP contribution in [0.2, 0.25) is 0 Å². The van der Waals surface area contributed by atoms with Gasteiger partial charge in [-0.05, 0) is 31.4 Å². The highest BCUT2D eigenvalue weighted by atomic mass is 79.9. The van der Waals surface area contributed by atoms with Gasteiger partial charge in [0.05, 0.1) is 7.11 Å². The standard InChI is InChI=1S/C14H16BrNO3/c1-9-7-10(19-2)13(18)11(12(9)15)14(16-8-17)5-3-4-6-14/h7,18H,3-6H2,1-2H3. The maximum atomic E-state index is 10.8. The van der Waals surface area contributed by atoms with Gasteiger partial charge in [-0.15, -0.1) is 0 Å². The van der Waals surface area contributed by atoms with Crippen molar-refractivity contribution < 1.29 is 14.6 Å². The van der Waals surface area contributed by atoms with Crippen molar-refractivity contribution >= 4 is 22.0 Å². The zero-order valence-corrected chi connectivity index (χ0v) is 12.6. The second-order valence-corrected chi connectivity index (χ2v) is 5.67. The summed E-state index contributed by atoms with van der Waals surface area (Å²) in [4.78, 5) is 14.8. The number of aliphatic imine (C=N–C) groups is 1. The zero-order chi connectivity index (χ0) is 14.0. The first-order chi connectivity index (χ1) is 9.05. The number of carbonyl (C=O) groups excluding carboxylic acids is 1. The van der Waals surface area contributed by atoms with Crippen LogP contribution in [0.15, 0.2) is 15.5 Å². The summed E-state index contributed by atoms with van der Waals surface area (Å²) in [5, 5.41) is 10.4. The number of aryl methyl sites for hydroxylation is 1. The van der Waals surface area contributed by atoms with E-state index >= 15 is 0 Å². The van der Waals surface area contributed by atoms with E-state index in [1.165, 1.54) is 7.11 Å². The number of hydrogen-bond donors (Lipinski definition) is 1. The molecule has 0 amide bonds. The van der Waals surface area contributed by atoms with Crippen LogP contribution in [-0.4, -0.2) is 18.3 Å². The Morgan fingerprint density at radius 3 is 2.63 bits per heavy atom. The first kappa shape index (κ1) is 14.1. The fourth-order valence-electron chi connectivity index (χ4n) is 2.80. The fraction of sp³-hybridized carbons (Fsp3) is 0.500. The van der Waals surface area contributed by atoms with Crippen molar-refractivity contribution in [2.24, 2.45) is 4.99 Å². The smallest absolute Gasteiger partial charge is 0.235 e. The van der Waals surface area contributed by atoms with Gasteiger partial charge in [-0.1, -0.05) is 28.8 Å². The van der Waals surface area contributed by atoms with E-state index in [4.69, 9.17) is 4.74 Å². The molecule has 5 heteroatoms. The largest absolute Gasteiger partial charge is 0.504 e. The maximum Gasteiger partial charge on any atom is 0.235 e. The summed E-state index contributed by atoms with van der Waals surface area (Å²) in [6.07, 6.45) is 5.10. The van der Waals surface area contributed by atoms with E-state index in [0.717, 1.165) is 35.7 Å². The van der Waals surface area contributed by atoms with Crippen LogP contribution >= 0.6 is 15.9 Å². The van der Waals surface area contributed by atoms with Crippen molar-refractivity contribution in [1.82, 2.24) is 0 Å². The minimum absolute atomic E-state index is 0.0564. The molecule has 0 unspecified atom stereocenters. The van der Waals surface area contributed by atoms with Gasteiger partial charge >= 0.3 is 0 Å². The normalized spacial score (nSPS) is 17.0. The Morgan fingerprint density at radius 1 is 1.47 bits per heavy atom. The monoisotopic (exact) mass is 325 g/mol. The topological polar surface area (TPSA) is 58.9 Å². The number of hydrogen-bond acceptors (Lipinski definition) is 4. The minimum atomic E-state index is -0.677. The second-order valence-electron chi connectivity index (χ2n) is 4.88. The molecule has 4 nitrogen and oxygen atoms in total. The number of phenols is 1. The second kappa shape index (κ2) is 5.35. The van der Waals surface area contributed by atoms with Crippen LogP contribution in [-0.2, 0) is 10.3 Å². The van der Waals surface area contributed by atoms with E-state index in [1.54, 1.807) is 12.1 Å². The average Bonchev–Trinajstić information content (AvgIpc) is 2.84. The number of ether oxygens (including phenoxy) is 1. The van der Waals surface area contributed by atoms with Crippen LogP contribution in [0.5, 0.6) is 11.5 Å². The molecule has 19 heavy (non-hydrogen) atoms. The third kappa shape index (κ3) is 2.28. The zero-order valence-electron chi connectivity index (χ0n) is 11.0. The number of nitrogens with zero attached hydrogens (tertiary/aromatic N) is 1. The van der Waals surface area contributed by atoms with Gasteiger partial charge in [0, 0.05) is 10.0 Å². The molecule has 1 aliphatic rings. The van der Waals surface area contributed by atoms with Crippen LogP contribution in [0.4, 0.5) is 0 Å². The lowest BCUT2D eigenvalue weighted by atomic mass is 9.87. The lowest BCUT2D eigenvalue weighted by Gasteiger charge is -2.27. The van der Waals surface area contributed by atoms with Crippen molar-refractivity contribution in [3.05, 3.63) is 21.7 Å². The third-order valence-corrected chi connectivity index (χ3v) is 4.78. The summed E-state index contributed by atoms with van der Waals surface area (Å²) < 4.78 is 5.98. The summed E-state index contributed by atoms with van der Waals surface area (Å²) >= 11 is 3.50. The Labute approximate surface area is 120 Å². The van der Waals surface area contributed by atoms with E-state index in [1.807, 2.05) is 6.92 Å². The molecule has 0 heterocycles. The van der Waals surface area contributed by atoms with Crippen LogP contribution < -0.4 is 4.74 Å². The van der Waals surface area contributed by atoms with Gasteiger partial charge in [-0.2, -0.15) is 4.99 Å². The Kier molecular flexibility index (Phi) is 3.97. The molecule has 102 valence electrons. The highest BCUT2D eigenvalue weighted by Gasteiger charge is 2.40. The Bertz CT molecular complexity index is 544. The van der Waals surface area contributed by atoms with Gasteiger partial charge in [-0.3, -0.25) is 0 Å². The molecule has 1 saturated carbocycles. The number of phenolic OH excluding ortho intramolecular Hbond substituents is 1. The van der Waals surface area contributed by atoms with Crippen molar-refractivity contribution in [2.45, 2.75) is 38.1 Å². The molecule has 1 N–H and O–H groups in total. The molecule has 2 rings (SSSR count). The van der Waals surface area contributed by atoms with Gasteiger partial charge in [0.1, 0.15) is 5.54 Å². The van der Waals surface area contributed by atoms with E-state index in [-0.39, 0.29) is 5.75 Å². The number of isocyanates is 1. The van der Waals surface area contributed by atoms with Crippen LogP contribution in [0.25, 0.3) is 0 Å². The lowest BCUT2D eigenvalue weighted by Crippen LogP contribution is -2.20. The molecular weight excluding hydrogens is 310 g/mol. The van der Waals surface area contributed by atoms with E-state index < -0.39 is 5.54 Å². The number of halogens is 1. The van der Waals surface area contributed by atoms with Gasteiger partial charge < -0.3 is 9.84 Å². The van der Waals surface area contributed by atoms with Crippen molar-refractivity contribution in [3.8, 4) is 11.5 Å². The molecule has 0 aliphatic heterocycles. The molecule has 1 fully saturated rings. The molecule has 0 saturated heterocycles. The summed E-state index contributed by atoms with van der Waals surface area (Å²) in [6, 6.07) is 1.76. The van der Waals surface area contributed by atoms with Crippen molar-refractivity contribution in [3.63, 3.8) is 0 Å². The fourth-order valence-corrected chi connectivity index (χ4v) is 3.47. The minimum Gasteiger partial charge on any atom is -0.504 e. The number of rotatable bonds is 3. The summed E-state index contributed by atoms with van der Waals surface area (Å²) in [5.41, 5.74) is 0.909. The highest BCUT2D eigenvalue weighted by Crippen LogP contribution is 2.51. The highest BCUT2D eigenvalue weighted by molar-refractivity contribution is 9.10. The Morgan fingerprint density at radius 2 is 2.11 bits per heavy atom. The summed E-state index contributed by atoms with van der Waals surface area (Å²) in [7, 11) is 1.51. The molecule has 1 aromatic rings. The number of aromatic hydroxyl groups is 1. The molecule has 1 aliphatic carbocycles. The molecule has 0 bridgehead atoms. The predicted octanol–water partition coefficient (Wildman–Crippen LogP) is 3.58. The maximum absolute atomic E-state index is 10.8. The average molecular weight is 326 g/mol. The first-order valence-corrected chi connectivity index (χ1v) is 7.00. The number of methoxy groups -OCH3 is 1. The van der Waals surface area contributed by atoms with Gasteiger partial charge in [0.25, 0.3) is 0 Å². The van der Waals surface area contributed by atoms with Crippen LogP contribution in [0, 0.1) is 6.92 Å². The molecule has 0 radical (unpaired) electrons. The molecule has 1 aromatic carbocycles. The van der Waals surface area contributed by atoms with Crippen molar-refractivity contribution in [1.29, 1.82) is 0 Å². The molecule has 0 spiro atoms. The van der Waals surface area contributed by atoms with E-state index in [0.29, 0.717) is 11.3 Å². The summed E-state index contributed by atoms with van der Waals surface area (Å²) in [5.74, 6) is 0.462. The van der Waals surface area contributed by atoms with Gasteiger partial charge in [-0.25, -0.2) is 4.79 Å². The van der Waals surface area contributed by atoms with Crippen LogP contribution in [0.3, 0.4) is 0 Å². The third-order valence-electron chi connectivity index (χ3n) is 3.76. The number of benzene rings is 1. The summed E-state index contributed by atoms with van der Waals surface area (Å²) in [6.45, 7) is 1.92. The Balaban J connectivity index is 2.72. The lowest BCUT2D eigenvalue weighted by molar-refractivity contribution is 0.354. The van der Waals surface area contributed by atoms with Crippen molar-refractivity contribution in [2.75, 3.05) is 7.11 Å². The molecule has 0 aromatic heterocycles. The molecular formula is C14H16BrNO3. The first-order valence-electron chi connectivity index (χ1n) is 6.21. The SMILES string of the molecule is COc1cc(C)c(Br)c(C2(N=C=O)CCCC2)c1O. The quantitative estimate of drug-likeness (QED) is 0.682. The predicted molar refractivity (Wildman–Crippen MR) is 75.4 cm³/mol.